The fourth-order valence-corrected chi connectivity index (χ4v) is 2.53. The number of hydrogen-bond donors (Lipinski definition) is 0. The molecule has 1 aromatic rings. The number of ether oxygens (including phenoxy) is 2. The maximum atomic E-state index is 12.3. The first-order chi connectivity index (χ1) is 11.1. The second-order valence-electron chi connectivity index (χ2n) is 5.81. The highest BCUT2D eigenvalue weighted by atomic mass is 16.5. The van der Waals surface area contributed by atoms with Gasteiger partial charge in [-0.3, -0.25) is 0 Å². The maximum Gasteiger partial charge on any atom is 0.334 e. The van der Waals surface area contributed by atoms with E-state index < -0.39 is 0 Å². The molecule has 128 valence electrons. The predicted octanol–water partition coefficient (Wildman–Crippen LogP) is 5.09. The molecule has 0 fully saturated rings. The third-order valence-corrected chi connectivity index (χ3v) is 3.98. The fraction of sp³-hybridized carbons (Fsp3) is 0.550. The Kier molecular flexibility index (Phi) is 9.11. The molecular weight excluding hydrogens is 288 g/mol. The van der Waals surface area contributed by atoms with Gasteiger partial charge in [-0.15, -0.1) is 0 Å². The van der Waals surface area contributed by atoms with E-state index in [1.54, 1.807) is 7.11 Å². The molecule has 0 radical (unpaired) electrons. The zero-order chi connectivity index (χ0) is 17.1. The van der Waals surface area contributed by atoms with Gasteiger partial charge in [0.2, 0.25) is 0 Å². The van der Waals surface area contributed by atoms with Gasteiger partial charge in [-0.2, -0.15) is 0 Å². The van der Waals surface area contributed by atoms with Gasteiger partial charge < -0.3 is 9.47 Å². The van der Waals surface area contributed by atoms with Gasteiger partial charge in [-0.1, -0.05) is 43.9 Å². The zero-order valence-electron chi connectivity index (χ0n) is 15.0. The molecule has 0 aliphatic rings. The summed E-state index contributed by atoms with van der Waals surface area (Å²) in [7, 11) is 1.65. The summed E-state index contributed by atoms with van der Waals surface area (Å²) in [5.74, 6) is 0.642. The van der Waals surface area contributed by atoms with Crippen LogP contribution in [0.4, 0.5) is 0 Å². The van der Waals surface area contributed by atoms with Crippen LogP contribution in [0.5, 0.6) is 5.75 Å². The molecule has 0 atom stereocenters. The lowest BCUT2D eigenvalue weighted by atomic mass is 9.97. The van der Waals surface area contributed by atoms with Gasteiger partial charge in [-0.25, -0.2) is 4.79 Å². The standard InChI is InChI=1S/C20H30O3/c1-5-7-8-9-10-16(3)19(20(21)23-6-2)15-17-11-13-18(22-4)14-12-17/h11-14H,5-10,15H2,1-4H3/b19-16+. The lowest BCUT2D eigenvalue weighted by Crippen LogP contribution is -2.12. The molecule has 3 nitrogen and oxygen atoms in total. The van der Waals surface area contributed by atoms with Crippen molar-refractivity contribution >= 4 is 5.97 Å². The van der Waals surface area contributed by atoms with Crippen molar-refractivity contribution in [1.29, 1.82) is 0 Å². The lowest BCUT2D eigenvalue weighted by molar-refractivity contribution is -0.138. The van der Waals surface area contributed by atoms with Crippen LogP contribution in [0.1, 0.15) is 58.4 Å². The monoisotopic (exact) mass is 318 g/mol. The highest BCUT2D eigenvalue weighted by molar-refractivity contribution is 5.89. The lowest BCUT2D eigenvalue weighted by Gasteiger charge is -2.12. The minimum atomic E-state index is -0.184. The Morgan fingerprint density at radius 3 is 2.30 bits per heavy atom. The predicted molar refractivity (Wildman–Crippen MR) is 94.8 cm³/mol. The minimum absolute atomic E-state index is 0.184. The second kappa shape index (κ2) is 10.9. The van der Waals surface area contributed by atoms with Crippen LogP contribution in [0, 0.1) is 0 Å². The summed E-state index contributed by atoms with van der Waals surface area (Å²) in [5, 5.41) is 0. The molecule has 0 amide bonds. The number of methoxy groups -OCH3 is 1. The van der Waals surface area contributed by atoms with Crippen LogP contribution in [0.3, 0.4) is 0 Å². The highest BCUT2D eigenvalue weighted by Gasteiger charge is 2.15. The third-order valence-electron chi connectivity index (χ3n) is 3.98. The second-order valence-corrected chi connectivity index (χ2v) is 5.81. The van der Waals surface area contributed by atoms with Crippen LogP contribution in [0.2, 0.25) is 0 Å². The number of allylic oxidation sites excluding steroid dienone is 1. The third kappa shape index (κ3) is 6.89. The number of benzene rings is 1. The maximum absolute atomic E-state index is 12.3. The molecule has 0 unspecified atom stereocenters. The van der Waals surface area contributed by atoms with Crippen molar-refractivity contribution < 1.29 is 14.3 Å². The largest absolute Gasteiger partial charge is 0.497 e. The summed E-state index contributed by atoms with van der Waals surface area (Å²) in [4.78, 5) is 12.3. The van der Waals surface area contributed by atoms with Gasteiger partial charge in [0.05, 0.1) is 13.7 Å². The molecule has 0 aliphatic heterocycles. The van der Waals surface area contributed by atoms with Crippen molar-refractivity contribution in [2.45, 2.75) is 59.3 Å². The normalized spacial score (nSPS) is 11.8. The molecule has 0 saturated heterocycles. The van der Waals surface area contributed by atoms with Crippen LogP contribution >= 0.6 is 0 Å². The molecule has 0 heterocycles. The van der Waals surface area contributed by atoms with Crippen molar-refractivity contribution in [3.05, 3.63) is 41.0 Å². The van der Waals surface area contributed by atoms with Gasteiger partial charge >= 0.3 is 5.97 Å². The molecule has 0 spiro atoms. The van der Waals surface area contributed by atoms with Gasteiger partial charge in [0.15, 0.2) is 0 Å². The molecule has 0 saturated carbocycles. The molecule has 23 heavy (non-hydrogen) atoms. The van der Waals surface area contributed by atoms with E-state index >= 15 is 0 Å². The summed E-state index contributed by atoms with van der Waals surface area (Å²) < 4.78 is 10.4. The zero-order valence-corrected chi connectivity index (χ0v) is 15.0. The quantitative estimate of drug-likeness (QED) is 0.342. The van der Waals surface area contributed by atoms with Crippen molar-refractivity contribution in [2.24, 2.45) is 0 Å². The molecule has 0 aliphatic carbocycles. The van der Waals surface area contributed by atoms with E-state index in [1.165, 1.54) is 19.3 Å². The fourth-order valence-electron chi connectivity index (χ4n) is 2.53. The number of carbonyl (C=O) groups excluding carboxylic acids is 1. The molecular formula is C20H30O3. The average Bonchev–Trinajstić information content (AvgIpc) is 2.57. The Labute approximate surface area is 140 Å². The van der Waals surface area contributed by atoms with Gasteiger partial charge in [0, 0.05) is 12.0 Å². The van der Waals surface area contributed by atoms with Crippen molar-refractivity contribution in [3.8, 4) is 5.75 Å². The number of hydrogen-bond acceptors (Lipinski definition) is 3. The van der Waals surface area contributed by atoms with Gasteiger partial charge in [0.1, 0.15) is 5.75 Å². The first kappa shape index (κ1) is 19.3. The van der Waals surface area contributed by atoms with E-state index in [-0.39, 0.29) is 5.97 Å². The van der Waals surface area contributed by atoms with Crippen LogP contribution in [-0.2, 0) is 16.0 Å². The van der Waals surface area contributed by atoms with Crippen LogP contribution in [-0.4, -0.2) is 19.7 Å². The molecule has 1 rings (SSSR count). The summed E-state index contributed by atoms with van der Waals surface area (Å²) in [6.45, 7) is 6.52. The topological polar surface area (TPSA) is 35.5 Å². The summed E-state index contributed by atoms with van der Waals surface area (Å²) in [6, 6.07) is 7.86. The van der Waals surface area contributed by atoms with E-state index in [0.29, 0.717) is 13.0 Å². The Morgan fingerprint density at radius 2 is 1.74 bits per heavy atom. The van der Waals surface area contributed by atoms with Crippen molar-refractivity contribution in [3.63, 3.8) is 0 Å². The molecule has 0 aromatic heterocycles. The van der Waals surface area contributed by atoms with E-state index in [0.717, 1.165) is 35.3 Å². The molecule has 3 heteroatoms. The van der Waals surface area contributed by atoms with E-state index in [9.17, 15) is 4.79 Å². The van der Waals surface area contributed by atoms with Gasteiger partial charge in [-0.05, 0) is 44.4 Å². The summed E-state index contributed by atoms with van der Waals surface area (Å²) in [5.41, 5.74) is 3.05. The van der Waals surface area contributed by atoms with Crippen LogP contribution in [0.15, 0.2) is 35.4 Å². The van der Waals surface area contributed by atoms with E-state index in [1.807, 2.05) is 31.2 Å². The number of esters is 1. The Morgan fingerprint density at radius 1 is 1.04 bits per heavy atom. The van der Waals surface area contributed by atoms with Crippen molar-refractivity contribution in [2.75, 3.05) is 13.7 Å². The highest BCUT2D eigenvalue weighted by Crippen LogP contribution is 2.21. The Bertz CT molecular complexity index is 500. The van der Waals surface area contributed by atoms with Crippen LogP contribution < -0.4 is 4.74 Å². The molecule has 0 bridgehead atoms. The van der Waals surface area contributed by atoms with Crippen molar-refractivity contribution in [1.82, 2.24) is 0 Å². The molecule has 0 N–H and O–H groups in total. The number of carbonyl (C=O) groups is 1. The first-order valence-electron chi connectivity index (χ1n) is 8.61. The average molecular weight is 318 g/mol. The van der Waals surface area contributed by atoms with Gasteiger partial charge in [0.25, 0.3) is 0 Å². The summed E-state index contributed by atoms with van der Waals surface area (Å²) >= 11 is 0. The smallest absolute Gasteiger partial charge is 0.334 e. The molecule has 1 aromatic carbocycles. The Balaban J connectivity index is 2.83. The SMILES string of the molecule is CCCCCC/C(C)=C(\Cc1ccc(OC)cc1)C(=O)OCC. The number of rotatable bonds is 10. The Hall–Kier alpha value is -1.77. The summed E-state index contributed by atoms with van der Waals surface area (Å²) in [6.07, 6.45) is 6.39. The minimum Gasteiger partial charge on any atom is -0.497 e. The van der Waals surface area contributed by atoms with E-state index in [2.05, 4.69) is 13.8 Å². The van der Waals surface area contributed by atoms with Crippen LogP contribution in [0.25, 0.3) is 0 Å². The van der Waals surface area contributed by atoms with E-state index in [4.69, 9.17) is 9.47 Å². The first-order valence-corrected chi connectivity index (χ1v) is 8.61. The number of unbranched alkanes of at least 4 members (excludes halogenated alkanes) is 3.